The maximum atomic E-state index is 12.3. The van der Waals surface area contributed by atoms with Crippen molar-refractivity contribution < 1.29 is 9.53 Å². The van der Waals surface area contributed by atoms with Crippen LogP contribution in [0.15, 0.2) is 42.5 Å². The summed E-state index contributed by atoms with van der Waals surface area (Å²) in [6, 6.07) is 12.5. The van der Waals surface area contributed by atoms with Gasteiger partial charge in [0.2, 0.25) is 5.91 Å². The van der Waals surface area contributed by atoms with Crippen molar-refractivity contribution in [2.75, 3.05) is 11.9 Å². The van der Waals surface area contributed by atoms with Gasteiger partial charge >= 0.3 is 0 Å². The van der Waals surface area contributed by atoms with E-state index in [1.807, 2.05) is 63.2 Å². The molecule has 0 aromatic heterocycles. The highest BCUT2D eigenvalue weighted by molar-refractivity contribution is 5.96. The molecule has 1 amide bonds. The van der Waals surface area contributed by atoms with E-state index in [1.165, 1.54) is 0 Å². The second kappa shape index (κ2) is 8.56. The molecule has 124 valence electrons. The molecule has 3 N–H and O–H groups in total. The Labute approximate surface area is 143 Å². The number of nitrogens with one attached hydrogen (secondary N) is 1. The van der Waals surface area contributed by atoms with E-state index in [1.54, 1.807) is 0 Å². The second-order valence-corrected chi connectivity index (χ2v) is 5.29. The third-order valence-corrected chi connectivity index (χ3v) is 3.49. The Hall–Kier alpha value is -2.04. The van der Waals surface area contributed by atoms with Gasteiger partial charge in [0, 0.05) is 5.69 Å². The molecule has 1 unspecified atom stereocenters. The zero-order valence-corrected chi connectivity index (χ0v) is 14.4. The van der Waals surface area contributed by atoms with Crippen LogP contribution in [-0.4, -0.2) is 12.5 Å². The summed E-state index contributed by atoms with van der Waals surface area (Å²) in [5, 5.41) is 2.87. The van der Waals surface area contributed by atoms with Crippen LogP contribution in [0.25, 0.3) is 0 Å². The number of halogens is 1. The van der Waals surface area contributed by atoms with Crippen molar-refractivity contribution in [2.45, 2.75) is 26.8 Å². The number of carbonyl (C=O) groups is 1. The molecular weight excluding hydrogens is 312 g/mol. The van der Waals surface area contributed by atoms with Crippen LogP contribution in [0.5, 0.6) is 5.75 Å². The molecule has 0 saturated carbocycles. The number of ether oxygens (including phenoxy) is 1. The average molecular weight is 335 g/mol. The van der Waals surface area contributed by atoms with E-state index in [-0.39, 0.29) is 18.3 Å². The lowest BCUT2D eigenvalue weighted by Gasteiger charge is -2.15. The minimum absolute atomic E-state index is 0. The summed E-state index contributed by atoms with van der Waals surface area (Å²) < 4.78 is 5.44. The van der Waals surface area contributed by atoms with Gasteiger partial charge in [-0.15, -0.1) is 12.4 Å². The highest BCUT2D eigenvalue weighted by atomic mass is 35.5. The van der Waals surface area contributed by atoms with Crippen molar-refractivity contribution in [3.8, 4) is 5.75 Å². The lowest BCUT2D eigenvalue weighted by molar-refractivity contribution is -0.117. The summed E-state index contributed by atoms with van der Waals surface area (Å²) in [6.45, 7) is 6.48. The first-order valence-electron chi connectivity index (χ1n) is 7.37. The zero-order valence-electron chi connectivity index (χ0n) is 13.6. The molecule has 0 fully saturated rings. The van der Waals surface area contributed by atoms with Crippen molar-refractivity contribution >= 4 is 24.0 Å². The highest BCUT2D eigenvalue weighted by Crippen LogP contribution is 2.22. The lowest BCUT2D eigenvalue weighted by atomic mass is 10.0. The third-order valence-electron chi connectivity index (χ3n) is 3.49. The molecule has 0 saturated heterocycles. The molecule has 1 atom stereocenters. The zero-order chi connectivity index (χ0) is 16.1. The van der Waals surface area contributed by atoms with Crippen LogP contribution >= 0.6 is 12.4 Å². The van der Waals surface area contributed by atoms with Crippen LogP contribution in [0.3, 0.4) is 0 Å². The summed E-state index contributed by atoms with van der Waals surface area (Å²) in [6.07, 6.45) is 0. The fourth-order valence-corrected chi connectivity index (χ4v) is 2.17. The van der Waals surface area contributed by atoms with Crippen LogP contribution in [0, 0.1) is 13.8 Å². The fraction of sp³-hybridized carbons (Fsp3) is 0.278. The van der Waals surface area contributed by atoms with Crippen molar-refractivity contribution in [2.24, 2.45) is 5.73 Å². The minimum atomic E-state index is -0.688. The van der Waals surface area contributed by atoms with Gasteiger partial charge in [-0.25, -0.2) is 0 Å². The summed E-state index contributed by atoms with van der Waals surface area (Å²) in [5.41, 5.74) is 9.65. The van der Waals surface area contributed by atoms with Crippen LogP contribution < -0.4 is 15.8 Å². The topological polar surface area (TPSA) is 64.3 Å². The monoisotopic (exact) mass is 334 g/mol. The summed E-state index contributed by atoms with van der Waals surface area (Å²) in [7, 11) is 0. The van der Waals surface area contributed by atoms with Crippen molar-refractivity contribution in [3.63, 3.8) is 0 Å². The van der Waals surface area contributed by atoms with Gasteiger partial charge < -0.3 is 15.8 Å². The summed E-state index contributed by atoms with van der Waals surface area (Å²) >= 11 is 0. The number of carbonyl (C=O) groups excluding carboxylic acids is 1. The Bertz CT molecular complexity index is 657. The van der Waals surface area contributed by atoms with E-state index in [0.29, 0.717) is 6.61 Å². The molecule has 0 heterocycles. The molecule has 0 aliphatic rings. The molecule has 2 aromatic rings. The SMILES string of the molecule is CCOc1ccc(NC(=O)C(N)c2ccc(C)cc2)c(C)c1.Cl. The molecular formula is C18H23ClN2O2. The van der Waals surface area contributed by atoms with Gasteiger partial charge in [0.15, 0.2) is 0 Å². The predicted molar refractivity (Wildman–Crippen MR) is 96.3 cm³/mol. The molecule has 5 heteroatoms. The summed E-state index contributed by atoms with van der Waals surface area (Å²) in [5.74, 6) is 0.567. The third kappa shape index (κ3) is 4.98. The smallest absolute Gasteiger partial charge is 0.245 e. The first-order valence-corrected chi connectivity index (χ1v) is 7.37. The first-order chi connectivity index (χ1) is 10.5. The Balaban J connectivity index is 0.00000264. The second-order valence-electron chi connectivity index (χ2n) is 5.29. The van der Waals surface area contributed by atoms with Crippen LogP contribution in [0.1, 0.15) is 29.7 Å². The molecule has 2 rings (SSSR count). The van der Waals surface area contributed by atoms with Crippen LogP contribution in [-0.2, 0) is 4.79 Å². The number of hydrogen-bond donors (Lipinski definition) is 2. The number of benzene rings is 2. The fourth-order valence-electron chi connectivity index (χ4n) is 2.17. The molecule has 0 spiro atoms. The summed E-state index contributed by atoms with van der Waals surface area (Å²) in [4.78, 5) is 12.3. The highest BCUT2D eigenvalue weighted by Gasteiger charge is 2.16. The van der Waals surface area contributed by atoms with Gasteiger partial charge in [-0.3, -0.25) is 4.79 Å². The van der Waals surface area contributed by atoms with Crippen molar-refractivity contribution in [1.29, 1.82) is 0 Å². The van der Waals surface area contributed by atoms with Gasteiger partial charge in [-0.1, -0.05) is 29.8 Å². The Kier molecular flexibility index (Phi) is 7.07. The number of nitrogens with two attached hydrogens (primary N) is 1. The quantitative estimate of drug-likeness (QED) is 0.875. The number of amides is 1. The number of hydrogen-bond acceptors (Lipinski definition) is 3. The van der Waals surface area contributed by atoms with Gasteiger partial charge in [-0.2, -0.15) is 0 Å². The largest absolute Gasteiger partial charge is 0.494 e. The maximum absolute atomic E-state index is 12.3. The molecule has 23 heavy (non-hydrogen) atoms. The molecule has 0 aliphatic heterocycles. The van der Waals surface area contributed by atoms with E-state index < -0.39 is 6.04 Å². The van der Waals surface area contributed by atoms with Gasteiger partial charge in [0.05, 0.1) is 6.61 Å². The van der Waals surface area contributed by atoms with Crippen molar-refractivity contribution in [1.82, 2.24) is 0 Å². The normalized spacial score (nSPS) is 11.3. The van der Waals surface area contributed by atoms with Gasteiger partial charge in [-0.05, 0) is 50.1 Å². The molecule has 0 aliphatic carbocycles. The van der Waals surface area contributed by atoms with Crippen LogP contribution in [0.2, 0.25) is 0 Å². The van der Waals surface area contributed by atoms with E-state index in [2.05, 4.69) is 5.32 Å². The Morgan fingerprint density at radius 2 is 1.83 bits per heavy atom. The molecule has 2 aromatic carbocycles. The minimum Gasteiger partial charge on any atom is -0.494 e. The van der Waals surface area contributed by atoms with Crippen molar-refractivity contribution in [3.05, 3.63) is 59.2 Å². The lowest BCUT2D eigenvalue weighted by Crippen LogP contribution is -2.28. The Morgan fingerprint density at radius 1 is 1.17 bits per heavy atom. The average Bonchev–Trinajstić information content (AvgIpc) is 2.50. The maximum Gasteiger partial charge on any atom is 0.245 e. The molecule has 4 nitrogen and oxygen atoms in total. The van der Waals surface area contributed by atoms with E-state index in [9.17, 15) is 4.79 Å². The predicted octanol–water partition coefficient (Wildman–Crippen LogP) is 3.76. The van der Waals surface area contributed by atoms with E-state index in [0.717, 1.165) is 28.1 Å². The number of anilines is 1. The standard InChI is InChI=1S/C18H22N2O2.ClH/c1-4-22-15-9-10-16(13(3)11-15)20-18(21)17(19)14-7-5-12(2)6-8-14;/h5-11,17H,4,19H2,1-3H3,(H,20,21);1H. The van der Waals surface area contributed by atoms with Gasteiger partial charge in [0.25, 0.3) is 0 Å². The number of rotatable bonds is 5. The number of aryl methyl sites for hydroxylation is 2. The first kappa shape index (κ1) is 19.0. The molecule has 0 bridgehead atoms. The molecule has 0 radical (unpaired) electrons. The Morgan fingerprint density at radius 3 is 2.39 bits per heavy atom. The van der Waals surface area contributed by atoms with Gasteiger partial charge in [0.1, 0.15) is 11.8 Å². The van der Waals surface area contributed by atoms with Crippen LogP contribution in [0.4, 0.5) is 5.69 Å². The van der Waals surface area contributed by atoms with E-state index in [4.69, 9.17) is 10.5 Å². The van der Waals surface area contributed by atoms with E-state index >= 15 is 0 Å².